The number of nitrogens with one attached hydrogen (secondary N) is 2. The van der Waals surface area contributed by atoms with Crippen LogP contribution in [-0.4, -0.2) is 10.2 Å². The van der Waals surface area contributed by atoms with E-state index in [9.17, 15) is 13.2 Å². The van der Waals surface area contributed by atoms with Gasteiger partial charge in [0.25, 0.3) is 0 Å². The molecule has 1 atom stereocenters. The smallest absolute Gasteiger partial charge is 0.374 e. The average Bonchev–Trinajstić information content (AvgIpc) is 2.95. The van der Waals surface area contributed by atoms with Crippen LogP contribution in [0.15, 0.2) is 24.3 Å². The Hall–Kier alpha value is -1.69. The summed E-state index contributed by atoms with van der Waals surface area (Å²) in [7, 11) is 0. The number of H-pyrrole nitrogens is 1. The molecule has 0 radical (unpaired) electrons. The van der Waals surface area contributed by atoms with Crippen molar-refractivity contribution in [2.75, 3.05) is 5.32 Å². The standard InChI is InChI=1S/C13H11ClF3N3/c14-12-10(11(19-20-12)13(15,16)17)18-9-6-5-7-3-1-2-4-8(7)9/h1-4,9,18H,5-6H2,(H,19,20). The van der Waals surface area contributed by atoms with E-state index >= 15 is 0 Å². The molecule has 20 heavy (non-hydrogen) atoms. The fraction of sp³-hybridized carbons (Fsp3) is 0.308. The normalized spacial score (nSPS) is 18.1. The summed E-state index contributed by atoms with van der Waals surface area (Å²) < 4.78 is 38.6. The SMILES string of the molecule is FC(F)(F)c1[nH]nc(Cl)c1NC1CCc2ccccc21. The second-order valence-electron chi connectivity index (χ2n) is 4.70. The summed E-state index contributed by atoms with van der Waals surface area (Å²) in [6.07, 6.45) is -2.94. The first kappa shape index (κ1) is 13.3. The summed E-state index contributed by atoms with van der Waals surface area (Å²) in [5, 5.41) is 8.06. The van der Waals surface area contributed by atoms with Gasteiger partial charge in [-0.2, -0.15) is 18.3 Å². The Morgan fingerprint density at radius 3 is 2.80 bits per heavy atom. The molecule has 0 amide bonds. The molecule has 1 heterocycles. The predicted octanol–water partition coefficient (Wildman–Crippen LogP) is 4.18. The van der Waals surface area contributed by atoms with Crippen LogP contribution in [0.4, 0.5) is 18.9 Å². The Kier molecular flexibility index (Phi) is 3.12. The number of fused-ring (bicyclic) bond motifs is 1. The maximum atomic E-state index is 12.9. The van der Waals surface area contributed by atoms with E-state index in [1.54, 1.807) is 0 Å². The summed E-state index contributed by atoms with van der Waals surface area (Å²) in [4.78, 5) is 0. The Labute approximate surface area is 118 Å². The molecule has 1 aliphatic carbocycles. The number of aromatic nitrogens is 2. The van der Waals surface area contributed by atoms with Crippen molar-refractivity contribution in [2.45, 2.75) is 25.1 Å². The van der Waals surface area contributed by atoms with E-state index in [1.807, 2.05) is 29.4 Å². The molecule has 3 nitrogen and oxygen atoms in total. The van der Waals surface area contributed by atoms with Gasteiger partial charge in [0.1, 0.15) is 5.69 Å². The minimum absolute atomic E-state index is 0.178. The Bertz CT molecular complexity index is 636. The zero-order valence-corrected chi connectivity index (χ0v) is 11.0. The Morgan fingerprint density at radius 1 is 1.30 bits per heavy atom. The molecule has 0 saturated carbocycles. The Balaban J connectivity index is 1.92. The van der Waals surface area contributed by atoms with E-state index in [4.69, 9.17) is 11.6 Å². The molecule has 2 N–H and O–H groups in total. The summed E-state index contributed by atoms with van der Waals surface area (Å²) in [5.41, 5.74) is 1.05. The van der Waals surface area contributed by atoms with E-state index in [0.717, 1.165) is 24.0 Å². The van der Waals surface area contributed by atoms with Gasteiger partial charge in [-0.25, -0.2) is 0 Å². The summed E-state index contributed by atoms with van der Waals surface area (Å²) in [6.45, 7) is 0. The van der Waals surface area contributed by atoms with Crippen LogP contribution in [0, 0.1) is 0 Å². The van der Waals surface area contributed by atoms with Gasteiger partial charge in [-0.15, -0.1) is 0 Å². The first-order chi connectivity index (χ1) is 9.47. The van der Waals surface area contributed by atoms with Crippen molar-refractivity contribution in [1.29, 1.82) is 0 Å². The molecule has 0 spiro atoms. The van der Waals surface area contributed by atoms with Crippen LogP contribution in [0.1, 0.15) is 29.3 Å². The molecule has 0 saturated heterocycles. The molecular weight excluding hydrogens is 291 g/mol. The molecule has 1 aromatic heterocycles. The first-order valence-corrected chi connectivity index (χ1v) is 6.50. The minimum Gasteiger partial charge on any atom is -0.374 e. The van der Waals surface area contributed by atoms with Gasteiger partial charge in [-0.1, -0.05) is 35.9 Å². The lowest BCUT2D eigenvalue weighted by Gasteiger charge is -2.16. The van der Waals surface area contributed by atoms with Crippen LogP contribution in [0.25, 0.3) is 0 Å². The molecule has 0 bridgehead atoms. The highest BCUT2D eigenvalue weighted by Crippen LogP contribution is 2.41. The lowest BCUT2D eigenvalue weighted by Crippen LogP contribution is -2.13. The van der Waals surface area contributed by atoms with Crippen molar-refractivity contribution in [3.63, 3.8) is 0 Å². The van der Waals surface area contributed by atoms with Crippen molar-refractivity contribution in [1.82, 2.24) is 10.2 Å². The van der Waals surface area contributed by atoms with Crippen molar-refractivity contribution < 1.29 is 13.2 Å². The lowest BCUT2D eigenvalue weighted by atomic mass is 10.1. The maximum absolute atomic E-state index is 12.9. The quantitative estimate of drug-likeness (QED) is 0.873. The largest absolute Gasteiger partial charge is 0.434 e. The number of hydrogen-bond acceptors (Lipinski definition) is 2. The van der Waals surface area contributed by atoms with Crippen LogP contribution < -0.4 is 5.32 Å². The second kappa shape index (κ2) is 4.70. The molecule has 0 aliphatic heterocycles. The number of halogens is 4. The van der Waals surface area contributed by atoms with E-state index in [1.165, 1.54) is 0 Å². The highest BCUT2D eigenvalue weighted by Gasteiger charge is 2.38. The first-order valence-electron chi connectivity index (χ1n) is 6.12. The Morgan fingerprint density at radius 2 is 2.05 bits per heavy atom. The average molecular weight is 302 g/mol. The lowest BCUT2D eigenvalue weighted by molar-refractivity contribution is -0.140. The fourth-order valence-electron chi connectivity index (χ4n) is 2.54. The minimum atomic E-state index is -4.51. The number of aryl methyl sites for hydroxylation is 1. The van der Waals surface area contributed by atoms with Gasteiger partial charge >= 0.3 is 6.18 Å². The second-order valence-corrected chi connectivity index (χ2v) is 5.05. The van der Waals surface area contributed by atoms with Gasteiger partial charge in [0.05, 0.1) is 6.04 Å². The van der Waals surface area contributed by atoms with E-state index in [-0.39, 0.29) is 16.9 Å². The van der Waals surface area contributed by atoms with Crippen LogP contribution in [-0.2, 0) is 12.6 Å². The third-order valence-corrected chi connectivity index (χ3v) is 3.73. The van der Waals surface area contributed by atoms with Crippen LogP contribution in [0.5, 0.6) is 0 Å². The zero-order chi connectivity index (χ0) is 14.3. The maximum Gasteiger partial charge on any atom is 0.434 e. The molecule has 1 aliphatic rings. The number of anilines is 1. The van der Waals surface area contributed by atoms with Gasteiger partial charge < -0.3 is 5.32 Å². The van der Waals surface area contributed by atoms with E-state index < -0.39 is 11.9 Å². The van der Waals surface area contributed by atoms with Crippen LogP contribution in [0.2, 0.25) is 5.15 Å². The van der Waals surface area contributed by atoms with Gasteiger partial charge in [0.2, 0.25) is 0 Å². The third-order valence-electron chi connectivity index (χ3n) is 3.46. The number of hydrogen-bond donors (Lipinski definition) is 2. The molecule has 1 unspecified atom stereocenters. The van der Waals surface area contributed by atoms with Crippen molar-refractivity contribution >= 4 is 17.3 Å². The molecule has 7 heteroatoms. The van der Waals surface area contributed by atoms with Gasteiger partial charge in [0, 0.05) is 0 Å². The van der Waals surface area contributed by atoms with Gasteiger partial charge in [0.15, 0.2) is 10.8 Å². The van der Waals surface area contributed by atoms with E-state index in [2.05, 4.69) is 10.4 Å². The van der Waals surface area contributed by atoms with Crippen molar-refractivity contribution in [3.05, 3.63) is 46.2 Å². The molecular formula is C13H11ClF3N3. The highest BCUT2D eigenvalue weighted by atomic mass is 35.5. The molecule has 0 fully saturated rings. The number of nitrogens with zero attached hydrogens (tertiary/aromatic N) is 1. The van der Waals surface area contributed by atoms with Gasteiger partial charge in [-0.3, -0.25) is 5.10 Å². The van der Waals surface area contributed by atoms with Crippen molar-refractivity contribution in [3.8, 4) is 0 Å². The molecule has 3 rings (SSSR count). The summed E-state index contributed by atoms with van der Waals surface area (Å²) in [6, 6.07) is 7.52. The predicted molar refractivity (Wildman–Crippen MR) is 69.7 cm³/mol. The number of rotatable bonds is 2. The fourth-order valence-corrected chi connectivity index (χ4v) is 2.73. The molecule has 2 aromatic rings. The topological polar surface area (TPSA) is 40.7 Å². The zero-order valence-electron chi connectivity index (χ0n) is 10.3. The highest BCUT2D eigenvalue weighted by molar-refractivity contribution is 6.32. The van der Waals surface area contributed by atoms with Crippen molar-refractivity contribution in [2.24, 2.45) is 0 Å². The van der Waals surface area contributed by atoms with Gasteiger partial charge in [-0.05, 0) is 24.0 Å². The number of alkyl halides is 3. The third kappa shape index (κ3) is 2.24. The van der Waals surface area contributed by atoms with E-state index in [0.29, 0.717) is 0 Å². The number of aromatic amines is 1. The monoisotopic (exact) mass is 301 g/mol. The molecule has 1 aromatic carbocycles. The van der Waals surface area contributed by atoms with Crippen LogP contribution >= 0.6 is 11.6 Å². The number of benzene rings is 1. The molecule has 106 valence electrons. The van der Waals surface area contributed by atoms with Crippen LogP contribution in [0.3, 0.4) is 0 Å². The summed E-state index contributed by atoms with van der Waals surface area (Å²) in [5.74, 6) is 0. The summed E-state index contributed by atoms with van der Waals surface area (Å²) >= 11 is 5.75.